The molecule has 0 rings (SSSR count). The van der Waals surface area contributed by atoms with Gasteiger partial charge in [0.2, 0.25) is 0 Å². The van der Waals surface area contributed by atoms with Gasteiger partial charge in [-0.15, -0.1) is 0 Å². The predicted molar refractivity (Wildman–Crippen MR) is 67.7 cm³/mol. The molecular formula is C7H23N2O5PS. The quantitative estimate of drug-likeness (QED) is 0.291. The monoisotopic (exact) mass is 278 g/mol. The van der Waals surface area contributed by atoms with Crippen LogP contribution in [0.25, 0.3) is 0 Å². The van der Waals surface area contributed by atoms with Gasteiger partial charge in [-0.1, -0.05) is 0 Å². The van der Waals surface area contributed by atoms with Crippen LogP contribution < -0.4 is 11.1 Å². The Hall–Kier alpha value is 0.370. The largest absolute Gasteiger partial charge is 0.412 e. The van der Waals surface area contributed by atoms with E-state index in [0.29, 0.717) is 0 Å². The highest BCUT2D eigenvalue weighted by molar-refractivity contribution is 8.06. The van der Waals surface area contributed by atoms with E-state index in [9.17, 15) is 0 Å². The van der Waals surface area contributed by atoms with Crippen molar-refractivity contribution in [3.8, 4) is 0 Å². The van der Waals surface area contributed by atoms with E-state index in [-0.39, 0.29) is 17.6 Å². The summed E-state index contributed by atoms with van der Waals surface area (Å²) in [4.78, 5) is 17.4. The summed E-state index contributed by atoms with van der Waals surface area (Å²) >= 11 is 4.29. The number of nitrogens with two attached hydrogens (primary N) is 1. The molecule has 102 valence electrons. The van der Waals surface area contributed by atoms with Crippen LogP contribution in [0.1, 0.15) is 19.3 Å². The fraction of sp³-hybridized carbons (Fsp3) is 1.00. The van der Waals surface area contributed by atoms with Crippen molar-refractivity contribution in [2.45, 2.75) is 19.3 Å². The Morgan fingerprint density at radius 3 is 2.19 bits per heavy atom. The number of unbranched alkanes of at least 4 members (excludes halogenated alkanes) is 1. The van der Waals surface area contributed by atoms with Crippen molar-refractivity contribution in [3.63, 3.8) is 0 Å². The maximum absolute atomic E-state index is 8.72. The molecule has 0 aliphatic heterocycles. The second kappa shape index (κ2) is 13.4. The third kappa shape index (κ3) is 19.9. The lowest BCUT2D eigenvalue weighted by Gasteiger charge is -2.08. The number of hydrogen-bond donors (Lipinski definition) is 4. The lowest BCUT2D eigenvalue weighted by atomic mass is 10.3. The van der Waals surface area contributed by atoms with Crippen molar-refractivity contribution >= 4 is 18.5 Å². The van der Waals surface area contributed by atoms with Crippen molar-refractivity contribution in [3.05, 3.63) is 0 Å². The lowest BCUT2D eigenvalue weighted by Crippen LogP contribution is -2.18. The SMILES string of the molecule is NCCCCNCCCOP(O)(O)=S.O.O. The molecule has 0 unspecified atom stereocenters. The molecule has 0 amide bonds. The Balaban J connectivity index is -0.000000845. The van der Waals surface area contributed by atoms with Gasteiger partial charge in [-0.3, -0.25) is 0 Å². The minimum Gasteiger partial charge on any atom is -0.412 e. The fourth-order valence-corrected chi connectivity index (χ4v) is 1.49. The first-order chi connectivity index (χ1) is 6.56. The molecule has 0 saturated carbocycles. The van der Waals surface area contributed by atoms with Gasteiger partial charge in [0.25, 0.3) is 0 Å². The zero-order chi connectivity index (χ0) is 10.9. The first kappa shape index (κ1) is 21.6. The molecule has 0 aromatic rings. The summed E-state index contributed by atoms with van der Waals surface area (Å²) in [5.41, 5.74) is 5.33. The zero-order valence-corrected chi connectivity index (χ0v) is 10.9. The Kier molecular flexibility index (Phi) is 18.2. The molecule has 0 aliphatic carbocycles. The van der Waals surface area contributed by atoms with E-state index in [2.05, 4.69) is 21.6 Å². The van der Waals surface area contributed by atoms with E-state index in [0.717, 1.165) is 38.9 Å². The van der Waals surface area contributed by atoms with Gasteiger partial charge >= 0.3 is 6.72 Å². The van der Waals surface area contributed by atoms with Gasteiger partial charge < -0.3 is 36.3 Å². The van der Waals surface area contributed by atoms with Gasteiger partial charge in [-0.2, -0.15) is 0 Å². The van der Waals surface area contributed by atoms with Crippen molar-refractivity contribution in [1.29, 1.82) is 0 Å². The average molecular weight is 278 g/mol. The topological polar surface area (TPSA) is 151 Å². The molecule has 7 nitrogen and oxygen atoms in total. The maximum Gasteiger partial charge on any atom is 0.321 e. The molecule has 0 aromatic heterocycles. The van der Waals surface area contributed by atoms with Crippen LogP contribution in [0.2, 0.25) is 0 Å². The van der Waals surface area contributed by atoms with Crippen LogP contribution in [0, 0.1) is 0 Å². The van der Waals surface area contributed by atoms with E-state index >= 15 is 0 Å². The van der Waals surface area contributed by atoms with E-state index in [4.69, 9.17) is 15.5 Å². The smallest absolute Gasteiger partial charge is 0.321 e. The third-order valence-electron chi connectivity index (χ3n) is 1.57. The van der Waals surface area contributed by atoms with Crippen LogP contribution in [0.4, 0.5) is 0 Å². The summed E-state index contributed by atoms with van der Waals surface area (Å²) in [6.45, 7) is -0.706. The molecule has 0 saturated heterocycles. The van der Waals surface area contributed by atoms with Crippen molar-refractivity contribution in [2.75, 3.05) is 26.2 Å². The Bertz CT molecular complexity index is 180. The number of rotatable bonds is 9. The molecule has 9 N–H and O–H groups in total. The fourth-order valence-electron chi connectivity index (χ4n) is 0.900. The van der Waals surface area contributed by atoms with Crippen LogP contribution >= 0.6 is 6.72 Å². The number of hydrogen-bond acceptors (Lipinski definition) is 4. The summed E-state index contributed by atoms with van der Waals surface area (Å²) in [5, 5.41) is 3.19. The summed E-state index contributed by atoms with van der Waals surface area (Å²) in [5.74, 6) is 0. The van der Waals surface area contributed by atoms with Crippen LogP contribution in [0.3, 0.4) is 0 Å². The predicted octanol–water partition coefficient (Wildman–Crippen LogP) is -1.72. The van der Waals surface area contributed by atoms with E-state index < -0.39 is 6.72 Å². The van der Waals surface area contributed by atoms with Gasteiger partial charge in [0.15, 0.2) is 0 Å². The third-order valence-corrected chi connectivity index (χ3v) is 2.40. The molecule has 0 radical (unpaired) electrons. The Labute approximate surface area is 101 Å². The minimum atomic E-state index is -3.44. The van der Waals surface area contributed by atoms with Crippen LogP contribution in [-0.4, -0.2) is 47.0 Å². The van der Waals surface area contributed by atoms with E-state index in [1.54, 1.807) is 0 Å². The van der Waals surface area contributed by atoms with Gasteiger partial charge in [-0.05, 0) is 50.7 Å². The second-order valence-corrected chi connectivity index (χ2v) is 5.59. The average Bonchev–Trinajstić information content (AvgIpc) is 2.08. The van der Waals surface area contributed by atoms with Gasteiger partial charge in [0.05, 0.1) is 6.61 Å². The van der Waals surface area contributed by atoms with Crippen molar-refractivity contribution in [1.82, 2.24) is 5.32 Å². The normalized spacial score (nSPS) is 10.4. The molecule has 0 bridgehead atoms. The first-order valence-electron chi connectivity index (χ1n) is 4.67. The van der Waals surface area contributed by atoms with Crippen LogP contribution in [0.5, 0.6) is 0 Å². The Morgan fingerprint density at radius 2 is 1.69 bits per heavy atom. The molecule has 16 heavy (non-hydrogen) atoms. The molecule has 0 aliphatic rings. The highest BCUT2D eigenvalue weighted by Crippen LogP contribution is 2.36. The number of nitrogens with one attached hydrogen (secondary N) is 1. The van der Waals surface area contributed by atoms with Gasteiger partial charge in [-0.25, -0.2) is 0 Å². The summed E-state index contributed by atoms with van der Waals surface area (Å²) in [6, 6.07) is 0. The molecule has 0 spiro atoms. The maximum atomic E-state index is 8.72. The highest BCUT2D eigenvalue weighted by atomic mass is 32.5. The van der Waals surface area contributed by atoms with Crippen LogP contribution in [0.15, 0.2) is 0 Å². The van der Waals surface area contributed by atoms with Crippen molar-refractivity contribution in [2.24, 2.45) is 5.73 Å². The molecule has 0 aromatic carbocycles. The highest BCUT2D eigenvalue weighted by Gasteiger charge is 2.05. The summed E-state index contributed by atoms with van der Waals surface area (Å²) in [7, 11) is 0. The first-order valence-corrected chi connectivity index (χ1v) is 7.29. The zero-order valence-electron chi connectivity index (χ0n) is 9.19. The summed E-state index contributed by atoms with van der Waals surface area (Å²) < 4.78 is 4.63. The minimum absolute atomic E-state index is 0. The molecule has 0 heterocycles. The second-order valence-electron chi connectivity index (χ2n) is 2.92. The molecule has 9 heteroatoms. The molecular weight excluding hydrogens is 255 g/mol. The molecule has 0 atom stereocenters. The Morgan fingerprint density at radius 1 is 1.12 bits per heavy atom. The van der Waals surface area contributed by atoms with E-state index in [1.165, 1.54) is 0 Å². The van der Waals surface area contributed by atoms with E-state index in [1.807, 2.05) is 0 Å². The van der Waals surface area contributed by atoms with Crippen molar-refractivity contribution < 1.29 is 25.3 Å². The molecule has 0 fully saturated rings. The van der Waals surface area contributed by atoms with Crippen LogP contribution in [-0.2, 0) is 16.3 Å². The standard InChI is InChI=1S/C7H19N2O3PS.2H2O/c8-4-1-2-5-9-6-3-7-12-13(10,11)14;;/h9H,1-8H2,(H2,10,11,14);2*1H2. The summed E-state index contributed by atoms with van der Waals surface area (Å²) in [6.07, 6.45) is 2.81. The van der Waals surface area contributed by atoms with Gasteiger partial charge in [0, 0.05) is 0 Å². The lowest BCUT2D eigenvalue weighted by molar-refractivity contribution is 0.247. The van der Waals surface area contributed by atoms with Gasteiger partial charge in [0.1, 0.15) is 0 Å².